The summed E-state index contributed by atoms with van der Waals surface area (Å²) in [6.45, 7) is 5.76. The number of nitrogens with zero attached hydrogens (tertiary/aromatic N) is 1. The van der Waals surface area contributed by atoms with Crippen LogP contribution in [0.15, 0.2) is 24.3 Å². The molecule has 0 spiro atoms. The Kier molecular flexibility index (Phi) is 13.9. The van der Waals surface area contributed by atoms with Crippen LogP contribution < -0.4 is 0 Å². The maximum atomic E-state index is 9.60. The van der Waals surface area contributed by atoms with E-state index in [2.05, 4.69) is 13.0 Å². The van der Waals surface area contributed by atoms with Gasteiger partial charge in [0, 0.05) is 10.6 Å². The first-order valence-corrected chi connectivity index (χ1v) is 11.3. The lowest BCUT2D eigenvalue weighted by atomic mass is 10.1. The van der Waals surface area contributed by atoms with Gasteiger partial charge in [-0.3, -0.25) is 0 Å². The van der Waals surface area contributed by atoms with Crippen molar-refractivity contribution in [3.63, 3.8) is 0 Å². The van der Waals surface area contributed by atoms with Gasteiger partial charge in [-0.05, 0) is 25.0 Å². The molecule has 0 unspecified atom stereocenters. The van der Waals surface area contributed by atoms with Crippen molar-refractivity contribution >= 4 is 11.6 Å². The molecule has 0 aromatic heterocycles. The molecule has 27 heavy (non-hydrogen) atoms. The highest BCUT2D eigenvalue weighted by atomic mass is 35.5. The Morgan fingerprint density at radius 1 is 0.778 bits per heavy atom. The van der Waals surface area contributed by atoms with Gasteiger partial charge in [-0.1, -0.05) is 82.0 Å². The van der Waals surface area contributed by atoms with E-state index in [-0.39, 0.29) is 13.2 Å². The number of unbranched alkanes of at least 4 members (excludes halogenated alkanes) is 9. The molecule has 0 bridgehead atoms. The molecule has 0 saturated heterocycles. The summed E-state index contributed by atoms with van der Waals surface area (Å²) in [7, 11) is 0. The van der Waals surface area contributed by atoms with Crippen LogP contribution in [0.5, 0.6) is 0 Å². The first-order chi connectivity index (χ1) is 13.2. The molecule has 0 aliphatic rings. The fraction of sp³-hybridized carbons (Fsp3) is 0.739. The largest absolute Gasteiger partial charge is 0.391 e. The maximum absolute atomic E-state index is 9.60. The van der Waals surface area contributed by atoms with Crippen molar-refractivity contribution in [2.75, 3.05) is 32.8 Å². The summed E-state index contributed by atoms with van der Waals surface area (Å²) >= 11 is 6.14. The lowest BCUT2D eigenvalue weighted by Gasteiger charge is -2.38. The van der Waals surface area contributed by atoms with E-state index in [1.807, 2.05) is 18.2 Å². The highest BCUT2D eigenvalue weighted by molar-refractivity contribution is 6.30. The van der Waals surface area contributed by atoms with Crippen molar-refractivity contribution in [3.05, 3.63) is 34.9 Å². The van der Waals surface area contributed by atoms with Gasteiger partial charge in [0.15, 0.2) is 0 Å². The Morgan fingerprint density at radius 2 is 1.33 bits per heavy atom. The number of quaternary nitrogens is 1. The van der Waals surface area contributed by atoms with Crippen LogP contribution in [0.3, 0.4) is 0 Å². The van der Waals surface area contributed by atoms with Gasteiger partial charge in [0.25, 0.3) is 0 Å². The first-order valence-electron chi connectivity index (χ1n) is 11.0. The van der Waals surface area contributed by atoms with E-state index in [0.29, 0.717) is 13.1 Å². The monoisotopic (exact) mass is 398 g/mol. The van der Waals surface area contributed by atoms with Crippen molar-refractivity contribution in [2.45, 2.75) is 77.7 Å². The fourth-order valence-electron chi connectivity index (χ4n) is 3.95. The third-order valence-corrected chi connectivity index (χ3v) is 5.78. The van der Waals surface area contributed by atoms with Crippen molar-refractivity contribution in [1.82, 2.24) is 0 Å². The molecule has 156 valence electrons. The summed E-state index contributed by atoms with van der Waals surface area (Å²) in [6, 6.07) is 7.96. The van der Waals surface area contributed by atoms with Crippen LogP contribution in [-0.4, -0.2) is 47.5 Å². The van der Waals surface area contributed by atoms with Crippen LogP contribution in [0.4, 0.5) is 0 Å². The Hall–Kier alpha value is -0.610. The number of benzene rings is 1. The highest BCUT2D eigenvalue weighted by Gasteiger charge is 2.26. The number of hydrogen-bond donors (Lipinski definition) is 2. The van der Waals surface area contributed by atoms with E-state index in [1.54, 1.807) is 0 Å². The van der Waals surface area contributed by atoms with Gasteiger partial charge in [0.05, 0.1) is 19.8 Å². The Morgan fingerprint density at radius 3 is 1.85 bits per heavy atom. The van der Waals surface area contributed by atoms with Crippen LogP contribution in [0, 0.1) is 0 Å². The van der Waals surface area contributed by atoms with E-state index in [9.17, 15) is 10.2 Å². The molecular weight excluding hydrogens is 358 g/mol. The van der Waals surface area contributed by atoms with Crippen molar-refractivity contribution in [1.29, 1.82) is 0 Å². The summed E-state index contributed by atoms with van der Waals surface area (Å²) in [5.74, 6) is 0. The molecule has 0 fully saturated rings. The molecule has 0 aliphatic carbocycles. The third kappa shape index (κ3) is 11.1. The SMILES string of the molecule is CCCCCCCCCCCC[N+](CCO)(CCO)Cc1cccc(Cl)c1. The van der Waals surface area contributed by atoms with E-state index < -0.39 is 0 Å². The van der Waals surface area contributed by atoms with E-state index in [0.717, 1.165) is 29.0 Å². The number of hydrogen-bond acceptors (Lipinski definition) is 2. The van der Waals surface area contributed by atoms with E-state index >= 15 is 0 Å². The number of halogens is 1. The topological polar surface area (TPSA) is 40.5 Å². The zero-order valence-electron chi connectivity index (χ0n) is 17.3. The zero-order valence-corrected chi connectivity index (χ0v) is 18.1. The van der Waals surface area contributed by atoms with Crippen LogP contribution >= 0.6 is 11.6 Å². The standard InChI is InChI=1S/C23H41ClNO2/c1-2-3-4-5-6-7-8-9-10-11-15-25(16-18-26,17-19-27)21-22-13-12-14-23(24)20-22/h12-14,20,26-27H,2-11,15-19,21H2,1H3/q+1. The maximum Gasteiger partial charge on any atom is 0.105 e. The molecule has 0 amide bonds. The van der Waals surface area contributed by atoms with Crippen molar-refractivity contribution in [3.8, 4) is 0 Å². The zero-order chi connectivity index (χ0) is 19.8. The van der Waals surface area contributed by atoms with E-state index in [4.69, 9.17) is 11.6 Å². The molecule has 1 aromatic carbocycles. The van der Waals surface area contributed by atoms with Gasteiger partial charge in [0.2, 0.25) is 0 Å². The van der Waals surface area contributed by atoms with Crippen molar-refractivity contribution in [2.24, 2.45) is 0 Å². The minimum Gasteiger partial charge on any atom is -0.391 e. The molecule has 0 atom stereocenters. The van der Waals surface area contributed by atoms with E-state index in [1.165, 1.54) is 63.4 Å². The molecule has 0 saturated carbocycles. The molecule has 0 aliphatic heterocycles. The molecule has 0 heterocycles. The van der Waals surface area contributed by atoms with Gasteiger partial charge in [-0.15, -0.1) is 0 Å². The van der Waals surface area contributed by atoms with Crippen LogP contribution in [0.2, 0.25) is 5.02 Å². The summed E-state index contributed by atoms with van der Waals surface area (Å²) in [4.78, 5) is 0. The molecule has 0 radical (unpaired) electrons. The normalized spacial score (nSPS) is 11.9. The third-order valence-electron chi connectivity index (χ3n) is 5.54. The lowest BCUT2D eigenvalue weighted by Crippen LogP contribution is -2.51. The Labute approximate surface area is 171 Å². The minimum absolute atomic E-state index is 0.151. The predicted molar refractivity (Wildman–Crippen MR) is 116 cm³/mol. The Balaban J connectivity index is 2.39. The highest BCUT2D eigenvalue weighted by Crippen LogP contribution is 2.20. The summed E-state index contributed by atoms with van der Waals surface area (Å²) in [5.41, 5.74) is 1.18. The molecule has 2 N–H and O–H groups in total. The second-order valence-corrected chi connectivity index (χ2v) is 8.37. The summed E-state index contributed by atoms with van der Waals surface area (Å²) in [6.07, 6.45) is 13.2. The summed E-state index contributed by atoms with van der Waals surface area (Å²) < 4.78 is 0.740. The second-order valence-electron chi connectivity index (χ2n) is 7.93. The van der Waals surface area contributed by atoms with Crippen LogP contribution in [-0.2, 0) is 6.54 Å². The van der Waals surface area contributed by atoms with Crippen LogP contribution in [0.1, 0.15) is 76.7 Å². The first kappa shape index (κ1) is 24.4. The predicted octanol–water partition coefficient (Wildman–Crippen LogP) is 5.56. The van der Waals surface area contributed by atoms with Crippen LogP contribution in [0.25, 0.3) is 0 Å². The lowest BCUT2D eigenvalue weighted by molar-refractivity contribution is -0.941. The Bertz CT molecular complexity index is 475. The average Bonchev–Trinajstić information content (AvgIpc) is 2.64. The smallest absolute Gasteiger partial charge is 0.105 e. The molecule has 4 heteroatoms. The minimum atomic E-state index is 0.151. The fourth-order valence-corrected chi connectivity index (χ4v) is 4.17. The molecule has 1 rings (SSSR count). The van der Waals surface area contributed by atoms with Gasteiger partial charge in [-0.2, -0.15) is 0 Å². The van der Waals surface area contributed by atoms with Gasteiger partial charge < -0.3 is 14.7 Å². The second kappa shape index (κ2) is 15.3. The molecular formula is C23H41ClNO2+. The number of aliphatic hydroxyl groups is 2. The molecule has 3 nitrogen and oxygen atoms in total. The van der Waals surface area contributed by atoms with Gasteiger partial charge in [0.1, 0.15) is 19.6 Å². The number of rotatable bonds is 17. The summed E-state index contributed by atoms with van der Waals surface area (Å²) in [5, 5.41) is 19.9. The van der Waals surface area contributed by atoms with Gasteiger partial charge >= 0.3 is 0 Å². The van der Waals surface area contributed by atoms with Gasteiger partial charge in [-0.25, -0.2) is 0 Å². The molecule has 1 aromatic rings. The average molecular weight is 399 g/mol. The quantitative estimate of drug-likeness (QED) is 0.266. The van der Waals surface area contributed by atoms with Crippen molar-refractivity contribution < 1.29 is 14.7 Å². The number of aliphatic hydroxyl groups excluding tert-OH is 2.